The van der Waals surface area contributed by atoms with E-state index < -0.39 is 0 Å². The van der Waals surface area contributed by atoms with E-state index in [0.29, 0.717) is 23.8 Å². The largest absolute Gasteiger partial charge is 0.378 e. The molecule has 18 heavy (non-hydrogen) atoms. The lowest BCUT2D eigenvalue weighted by Gasteiger charge is -2.20. The molecule has 0 aromatic heterocycles. The maximum absolute atomic E-state index is 11.9. The van der Waals surface area contributed by atoms with Crippen molar-refractivity contribution in [2.75, 3.05) is 12.4 Å². The third kappa shape index (κ3) is 4.16. The summed E-state index contributed by atoms with van der Waals surface area (Å²) in [6, 6.07) is 0.409. The van der Waals surface area contributed by atoms with E-state index in [1.807, 2.05) is 11.8 Å². The minimum Gasteiger partial charge on any atom is -0.378 e. The number of carbonyl (C=O) groups excluding carboxylic acids is 1. The summed E-state index contributed by atoms with van der Waals surface area (Å²) >= 11 is 1.99. The van der Waals surface area contributed by atoms with Gasteiger partial charge in [-0.1, -0.05) is 13.3 Å². The zero-order valence-electron chi connectivity index (χ0n) is 11.3. The molecule has 0 aromatic carbocycles. The van der Waals surface area contributed by atoms with Gasteiger partial charge in [0.25, 0.3) is 0 Å². The number of ether oxygens (including phenoxy) is 1. The topological polar surface area (TPSA) is 38.3 Å². The van der Waals surface area contributed by atoms with E-state index in [1.54, 1.807) is 0 Å². The van der Waals surface area contributed by atoms with Crippen LogP contribution in [0.1, 0.15) is 51.9 Å². The van der Waals surface area contributed by atoms with Crippen molar-refractivity contribution >= 4 is 17.7 Å². The second kappa shape index (κ2) is 7.39. The highest BCUT2D eigenvalue weighted by Gasteiger charge is 2.28. The first-order chi connectivity index (χ1) is 8.79. The van der Waals surface area contributed by atoms with Crippen LogP contribution in [0.2, 0.25) is 0 Å². The molecule has 0 bridgehead atoms. The smallest absolute Gasteiger partial charge is 0.220 e. The Bertz CT molecular complexity index is 267. The predicted molar refractivity (Wildman–Crippen MR) is 75.9 cm³/mol. The Hall–Kier alpha value is -0.220. The molecule has 1 saturated heterocycles. The molecule has 1 amide bonds. The van der Waals surface area contributed by atoms with Gasteiger partial charge in [-0.2, -0.15) is 11.8 Å². The zero-order valence-corrected chi connectivity index (χ0v) is 12.1. The molecule has 1 heterocycles. The molecule has 2 aliphatic rings. The van der Waals surface area contributed by atoms with E-state index in [4.69, 9.17) is 4.74 Å². The van der Waals surface area contributed by atoms with Gasteiger partial charge in [0.1, 0.15) is 0 Å². The number of nitrogens with one attached hydrogen (secondary N) is 1. The first kappa shape index (κ1) is 14.2. The fourth-order valence-electron chi connectivity index (χ4n) is 2.95. The highest BCUT2D eigenvalue weighted by molar-refractivity contribution is 7.99. The molecular formula is C14H25NO2S. The third-order valence-electron chi connectivity index (χ3n) is 3.90. The van der Waals surface area contributed by atoms with Gasteiger partial charge in [0.2, 0.25) is 5.91 Å². The van der Waals surface area contributed by atoms with Crippen LogP contribution in [-0.4, -0.2) is 35.7 Å². The lowest BCUT2D eigenvalue weighted by molar-refractivity contribution is -0.122. The Morgan fingerprint density at radius 1 is 1.33 bits per heavy atom. The van der Waals surface area contributed by atoms with E-state index in [-0.39, 0.29) is 5.91 Å². The minimum atomic E-state index is 0.221. The maximum Gasteiger partial charge on any atom is 0.220 e. The maximum atomic E-state index is 11.9. The predicted octanol–water partition coefficient (Wildman–Crippen LogP) is 2.74. The van der Waals surface area contributed by atoms with Crippen molar-refractivity contribution in [3.05, 3.63) is 0 Å². The van der Waals surface area contributed by atoms with Gasteiger partial charge >= 0.3 is 0 Å². The second-order valence-corrected chi connectivity index (χ2v) is 6.79. The molecule has 104 valence electrons. The molecule has 2 rings (SSSR count). The van der Waals surface area contributed by atoms with Gasteiger partial charge in [-0.3, -0.25) is 4.79 Å². The first-order valence-corrected chi connectivity index (χ1v) is 8.37. The standard InChI is InChI=1S/C14H25NO2S/c1-2-18-13-7-3-6-12(13)15-14(16)9-8-11-5-4-10-17-11/h11-13H,2-10H2,1H3,(H,15,16)/t11-,12-,13+/m0/s1. The zero-order chi connectivity index (χ0) is 12.8. The summed E-state index contributed by atoms with van der Waals surface area (Å²) in [5.41, 5.74) is 0. The van der Waals surface area contributed by atoms with E-state index in [2.05, 4.69) is 12.2 Å². The van der Waals surface area contributed by atoms with Crippen LogP contribution in [-0.2, 0) is 9.53 Å². The summed E-state index contributed by atoms with van der Waals surface area (Å²) in [6.07, 6.45) is 7.82. The molecule has 4 heteroatoms. The highest BCUT2D eigenvalue weighted by atomic mass is 32.2. The summed E-state index contributed by atoms with van der Waals surface area (Å²) in [5.74, 6) is 1.37. The summed E-state index contributed by atoms with van der Waals surface area (Å²) in [6.45, 7) is 3.07. The average Bonchev–Trinajstić information content (AvgIpc) is 2.99. The summed E-state index contributed by atoms with van der Waals surface area (Å²) < 4.78 is 5.55. The molecule has 1 N–H and O–H groups in total. The normalized spacial score (nSPS) is 31.7. The van der Waals surface area contributed by atoms with Crippen LogP contribution in [0.4, 0.5) is 0 Å². The van der Waals surface area contributed by atoms with Crippen molar-refractivity contribution in [3.63, 3.8) is 0 Å². The van der Waals surface area contributed by atoms with E-state index in [1.165, 1.54) is 12.8 Å². The highest BCUT2D eigenvalue weighted by Crippen LogP contribution is 2.30. The van der Waals surface area contributed by atoms with E-state index in [9.17, 15) is 4.79 Å². The fraction of sp³-hybridized carbons (Fsp3) is 0.929. The van der Waals surface area contributed by atoms with Gasteiger partial charge in [0, 0.05) is 24.3 Å². The number of amides is 1. The lowest BCUT2D eigenvalue weighted by Crippen LogP contribution is -2.39. The molecule has 0 unspecified atom stereocenters. The molecule has 0 spiro atoms. The number of thioether (sulfide) groups is 1. The van der Waals surface area contributed by atoms with Gasteiger partial charge in [0.05, 0.1) is 6.10 Å². The molecule has 2 fully saturated rings. The number of hydrogen-bond acceptors (Lipinski definition) is 3. The van der Waals surface area contributed by atoms with Crippen LogP contribution in [0.5, 0.6) is 0 Å². The molecule has 1 aliphatic carbocycles. The van der Waals surface area contributed by atoms with Crippen LogP contribution in [0.25, 0.3) is 0 Å². The average molecular weight is 271 g/mol. The molecule has 3 nitrogen and oxygen atoms in total. The summed E-state index contributed by atoms with van der Waals surface area (Å²) in [4.78, 5) is 11.9. The third-order valence-corrected chi connectivity index (χ3v) is 5.22. The second-order valence-electron chi connectivity index (χ2n) is 5.27. The molecule has 1 aliphatic heterocycles. The Balaban J connectivity index is 1.66. The number of hydrogen-bond donors (Lipinski definition) is 1. The fourth-order valence-corrected chi connectivity index (χ4v) is 4.15. The first-order valence-electron chi connectivity index (χ1n) is 7.32. The molecule has 3 atom stereocenters. The Labute approximate surface area is 114 Å². The minimum absolute atomic E-state index is 0.221. The number of carbonyl (C=O) groups is 1. The van der Waals surface area contributed by atoms with Crippen molar-refractivity contribution in [1.82, 2.24) is 5.32 Å². The van der Waals surface area contributed by atoms with Crippen molar-refractivity contribution in [3.8, 4) is 0 Å². The van der Waals surface area contributed by atoms with Crippen molar-refractivity contribution < 1.29 is 9.53 Å². The van der Waals surface area contributed by atoms with Gasteiger partial charge in [-0.25, -0.2) is 0 Å². The van der Waals surface area contributed by atoms with Crippen molar-refractivity contribution in [1.29, 1.82) is 0 Å². The molecule has 0 aromatic rings. The van der Waals surface area contributed by atoms with Crippen molar-refractivity contribution in [2.24, 2.45) is 0 Å². The van der Waals surface area contributed by atoms with Crippen LogP contribution in [0.3, 0.4) is 0 Å². The van der Waals surface area contributed by atoms with Gasteiger partial charge in [-0.05, 0) is 37.9 Å². The van der Waals surface area contributed by atoms with Gasteiger partial charge in [-0.15, -0.1) is 0 Å². The van der Waals surface area contributed by atoms with Crippen LogP contribution in [0, 0.1) is 0 Å². The SMILES string of the molecule is CCS[C@@H]1CCC[C@@H]1NC(=O)CC[C@@H]1CCCO1. The molecule has 1 saturated carbocycles. The van der Waals surface area contributed by atoms with E-state index in [0.717, 1.165) is 38.0 Å². The van der Waals surface area contributed by atoms with Crippen molar-refractivity contribution in [2.45, 2.75) is 69.3 Å². The van der Waals surface area contributed by atoms with Crippen LogP contribution >= 0.6 is 11.8 Å². The number of rotatable bonds is 6. The Morgan fingerprint density at radius 3 is 2.94 bits per heavy atom. The monoisotopic (exact) mass is 271 g/mol. The Kier molecular flexibility index (Phi) is 5.83. The summed E-state index contributed by atoms with van der Waals surface area (Å²) in [5, 5.41) is 3.86. The van der Waals surface area contributed by atoms with E-state index >= 15 is 0 Å². The van der Waals surface area contributed by atoms with Gasteiger partial charge in [0.15, 0.2) is 0 Å². The quantitative estimate of drug-likeness (QED) is 0.807. The van der Waals surface area contributed by atoms with Crippen LogP contribution in [0.15, 0.2) is 0 Å². The molecular weight excluding hydrogens is 246 g/mol. The summed E-state index contributed by atoms with van der Waals surface area (Å²) in [7, 11) is 0. The molecule has 0 radical (unpaired) electrons. The van der Waals surface area contributed by atoms with Crippen LogP contribution < -0.4 is 5.32 Å². The lowest BCUT2D eigenvalue weighted by atomic mass is 10.1. The van der Waals surface area contributed by atoms with Gasteiger partial charge < -0.3 is 10.1 Å². The Morgan fingerprint density at radius 2 is 2.22 bits per heavy atom.